The summed E-state index contributed by atoms with van der Waals surface area (Å²) in [7, 11) is 0. The van der Waals surface area contributed by atoms with Gasteiger partial charge < -0.3 is 4.90 Å². The molecule has 2 unspecified atom stereocenters. The second-order valence-corrected chi connectivity index (χ2v) is 9.24. The van der Waals surface area contributed by atoms with Crippen LogP contribution in [0.5, 0.6) is 0 Å². The number of pyridine rings is 1. The molecule has 2 aliphatic heterocycles. The van der Waals surface area contributed by atoms with E-state index < -0.39 is 5.41 Å². The number of rotatable bonds is 6. The number of benzene rings is 2. The fourth-order valence-corrected chi connectivity index (χ4v) is 5.31. The average Bonchev–Trinajstić information content (AvgIpc) is 3.46. The molecule has 6 nitrogen and oxygen atoms in total. The third-order valence-electron chi connectivity index (χ3n) is 7.11. The number of aromatic nitrogens is 1. The Morgan fingerprint density at radius 2 is 1.71 bits per heavy atom. The minimum absolute atomic E-state index is 0.0538. The standard InChI is InChI=1S/C28H26FN3O3/c29-23-10-8-21(9-11-23)24-7-4-16-31(24)25(33)17-28(22-5-2-1-3-6-22)18-26(34)32(27(28)35)19-20-12-14-30-15-13-20/h1-3,5-6,8-15,24H,4,7,16-19H2. The molecule has 0 bridgehead atoms. The van der Waals surface area contributed by atoms with Gasteiger partial charge in [-0.2, -0.15) is 0 Å². The van der Waals surface area contributed by atoms with E-state index in [-0.39, 0.29) is 49.0 Å². The maximum absolute atomic E-state index is 13.9. The normalized spacial score (nSPS) is 22.1. The van der Waals surface area contributed by atoms with E-state index in [1.807, 2.05) is 30.3 Å². The van der Waals surface area contributed by atoms with Crippen LogP contribution in [0.1, 0.15) is 48.4 Å². The highest BCUT2D eigenvalue weighted by Crippen LogP contribution is 2.42. The molecule has 2 aromatic carbocycles. The van der Waals surface area contributed by atoms with Crippen LogP contribution in [0, 0.1) is 5.82 Å². The van der Waals surface area contributed by atoms with Crippen LogP contribution < -0.4 is 0 Å². The molecule has 2 fully saturated rings. The Morgan fingerprint density at radius 1 is 1.00 bits per heavy atom. The van der Waals surface area contributed by atoms with E-state index in [4.69, 9.17) is 0 Å². The second-order valence-electron chi connectivity index (χ2n) is 9.24. The molecule has 3 amide bonds. The first kappa shape index (κ1) is 22.9. The van der Waals surface area contributed by atoms with Crippen molar-refractivity contribution >= 4 is 17.7 Å². The van der Waals surface area contributed by atoms with E-state index in [1.165, 1.54) is 17.0 Å². The van der Waals surface area contributed by atoms with Crippen LogP contribution in [0.15, 0.2) is 79.1 Å². The summed E-state index contributed by atoms with van der Waals surface area (Å²) in [6, 6.07) is 18.7. The van der Waals surface area contributed by atoms with E-state index in [1.54, 1.807) is 41.6 Å². The lowest BCUT2D eigenvalue weighted by Crippen LogP contribution is -2.43. The molecule has 178 valence electrons. The van der Waals surface area contributed by atoms with Crippen LogP contribution >= 0.6 is 0 Å². The van der Waals surface area contributed by atoms with Gasteiger partial charge in [0.05, 0.1) is 18.0 Å². The molecule has 0 spiro atoms. The molecule has 1 aromatic heterocycles. The number of likely N-dealkylation sites (tertiary alicyclic amines) is 2. The van der Waals surface area contributed by atoms with Crippen molar-refractivity contribution in [1.82, 2.24) is 14.8 Å². The van der Waals surface area contributed by atoms with E-state index in [2.05, 4.69) is 4.98 Å². The Morgan fingerprint density at radius 3 is 2.43 bits per heavy atom. The molecule has 2 atom stereocenters. The van der Waals surface area contributed by atoms with Crippen LogP contribution in [0.4, 0.5) is 4.39 Å². The van der Waals surface area contributed by atoms with Crippen LogP contribution in [-0.2, 0) is 26.3 Å². The molecular weight excluding hydrogens is 445 g/mol. The average molecular weight is 472 g/mol. The fraction of sp³-hybridized carbons (Fsp3) is 0.286. The zero-order valence-corrected chi connectivity index (χ0v) is 19.3. The Labute approximate surface area is 203 Å². The summed E-state index contributed by atoms with van der Waals surface area (Å²) < 4.78 is 13.5. The number of nitrogens with zero attached hydrogens (tertiary/aromatic N) is 3. The van der Waals surface area contributed by atoms with Gasteiger partial charge in [0.2, 0.25) is 17.7 Å². The van der Waals surface area contributed by atoms with E-state index >= 15 is 0 Å². The molecule has 7 heteroatoms. The zero-order chi connectivity index (χ0) is 24.4. The highest BCUT2D eigenvalue weighted by molar-refractivity contribution is 6.10. The van der Waals surface area contributed by atoms with Gasteiger partial charge in [-0.1, -0.05) is 42.5 Å². The quantitative estimate of drug-likeness (QED) is 0.506. The van der Waals surface area contributed by atoms with Gasteiger partial charge in [-0.05, 0) is 53.8 Å². The predicted octanol–water partition coefficient (Wildman–Crippen LogP) is 4.17. The number of carbonyl (C=O) groups is 3. The topological polar surface area (TPSA) is 70.6 Å². The van der Waals surface area contributed by atoms with E-state index in [0.29, 0.717) is 12.1 Å². The van der Waals surface area contributed by atoms with Crippen molar-refractivity contribution in [1.29, 1.82) is 0 Å². The highest BCUT2D eigenvalue weighted by Gasteiger charge is 2.54. The number of amides is 3. The molecule has 2 aliphatic rings. The summed E-state index contributed by atoms with van der Waals surface area (Å²) in [5.74, 6) is -1.14. The molecule has 3 aromatic rings. The minimum Gasteiger partial charge on any atom is -0.336 e. The van der Waals surface area contributed by atoms with Crippen molar-refractivity contribution in [3.05, 3.63) is 102 Å². The first-order chi connectivity index (χ1) is 17.0. The van der Waals surface area contributed by atoms with Gasteiger partial charge in [-0.15, -0.1) is 0 Å². The summed E-state index contributed by atoms with van der Waals surface area (Å²) in [5.41, 5.74) is 1.09. The number of carbonyl (C=O) groups excluding carboxylic acids is 3. The molecule has 0 aliphatic carbocycles. The highest BCUT2D eigenvalue weighted by atomic mass is 19.1. The second kappa shape index (κ2) is 9.41. The summed E-state index contributed by atoms with van der Waals surface area (Å²) in [6.07, 6.45) is 4.70. The lowest BCUT2D eigenvalue weighted by atomic mass is 9.75. The third-order valence-corrected chi connectivity index (χ3v) is 7.11. The maximum Gasteiger partial charge on any atom is 0.241 e. The van der Waals surface area contributed by atoms with Gasteiger partial charge in [-0.25, -0.2) is 4.39 Å². The molecule has 35 heavy (non-hydrogen) atoms. The Kier molecular flexibility index (Phi) is 6.16. The molecule has 0 saturated carbocycles. The number of imide groups is 1. The Balaban J connectivity index is 1.45. The predicted molar refractivity (Wildman–Crippen MR) is 127 cm³/mol. The SMILES string of the molecule is O=C1CC(CC(=O)N2CCCC2c2ccc(F)cc2)(c2ccccc2)C(=O)N1Cc1ccncc1. The zero-order valence-electron chi connectivity index (χ0n) is 19.3. The monoisotopic (exact) mass is 471 g/mol. The molecular formula is C28H26FN3O3. The van der Waals surface area contributed by atoms with Crippen molar-refractivity contribution in [2.45, 2.75) is 43.7 Å². The first-order valence-corrected chi connectivity index (χ1v) is 11.8. The van der Waals surface area contributed by atoms with E-state index in [9.17, 15) is 18.8 Å². The van der Waals surface area contributed by atoms with Crippen LogP contribution in [0.3, 0.4) is 0 Å². The van der Waals surface area contributed by atoms with Gasteiger partial charge in [-0.3, -0.25) is 24.3 Å². The van der Waals surface area contributed by atoms with Crippen LogP contribution in [-0.4, -0.2) is 39.1 Å². The Hall–Kier alpha value is -3.87. The summed E-state index contributed by atoms with van der Waals surface area (Å²) in [5, 5.41) is 0. The van der Waals surface area contributed by atoms with Gasteiger partial charge in [0.1, 0.15) is 5.82 Å². The minimum atomic E-state index is -1.25. The van der Waals surface area contributed by atoms with Crippen molar-refractivity contribution in [2.75, 3.05) is 6.54 Å². The Bertz CT molecular complexity index is 1230. The summed E-state index contributed by atoms with van der Waals surface area (Å²) in [6.45, 7) is 0.708. The van der Waals surface area contributed by atoms with Crippen LogP contribution in [0.2, 0.25) is 0 Å². The smallest absolute Gasteiger partial charge is 0.241 e. The van der Waals surface area contributed by atoms with Gasteiger partial charge in [0, 0.05) is 31.8 Å². The van der Waals surface area contributed by atoms with Crippen molar-refractivity contribution < 1.29 is 18.8 Å². The lowest BCUT2D eigenvalue weighted by molar-refractivity contribution is -0.143. The van der Waals surface area contributed by atoms with Crippen molar-refractivity contribution in [3.63, 3.8) is 0 Å². The number of hydrogen-bond donors (Lipinski definition) is 0. The van der Waals surface area contributed by atoms with Gasteiger partial charge in [0.25, 0.3) is 0 Å². The summed E-state index contributed by atoms with van der Waals surface area (Å²) >= 11 is 0. The number of halogens is 1. The maximum atomic E-state index is 13.9. The molecule has 0 radical (unpaired) electrons. The van der Waals surface area contributed by atoms with E-state index in [0.717, 1.165) is 24.0 Å². The van der Waals surface area contributed by atoms with Crippen LogP contribution in [0.25, 0.3) is 0 Å². The largest absolute Gasteiger partial charge is 0.336 e. The molecule has 5 rings (SSSR count). The molecule has 2 saturated heterocycles. The lowest BCUT2D eigenvalue weighted by Gasteiger charge is -2.31. The number of hydrogen-bond acceptors (Lipinski definition) is 4. The van der Waals surface area contributed by atoms with Gasteiger partial charge in [0.15, 0.2) is 0 Å². The van der Waals surface area contributed by atoms with Crippen molar-refractivity contribution in [3.8, 4) is 0 Å². The summed E-state index contributed by atoms with van der Waals surface area (Å²) in [4.78, 5) is 47.7. The molecule has 3 heterocycles. The fourth-order valence-electron chi connectivity index (χ4n) is 5.31. The van der Waals surface area contributed by atoms with Crippen molar-refractivity contribution in [2.24, 2.45) is 0 Å². The molecule has 0 N–H and O–H groups in total. The third kappa shape index (κ3) is 4.34. The first-order valence-electron chi connectivity index (χ1n) is 11.8. The van der Waals surface area contributed by atoms with Gasteiger partial charge >= 0.3 is 0 Å².